The first-order valence-corrected chi connectivity index (χ1v) is 9.32. The van der Waals surface area contributed by atoms with E-state index < -0.39 is 0 Å². The lowest BCUT2D eigenvalue weighted by Crippen LogP contribution is -2.50. The van der Waals surface area contributed by atoms with Gasteiger partial charge in [0.25, 0.3) is 5.91 Å². The Balaban J connectivity index is 1.53. The Labute approximate surface area is 159 Å². The van der Waals surface area contributed by atoms with Crippen LogP contribution in [-0.2, 0) is 18.3 Å². The van der Waals surface area contributed by atoms with Crippen molar-refractivity contribution in [1.29, 1.82) is 0 Å². The first-order valence-electron chi connectivity index (χ1n) is 9.32. The number of hydrogen-bond donors (Lipinski definition) is 0. The van der Waals surface area contributed by atoms with Crippen LogP contribution in [0.25, 0.3) is 0 Å². The zero-order valence-electron chi connectivity index (χ0n) is 16.2. The molecule has 6 heteroatoms. The van der Waals surface area contributed by atoms with Gasteiger partial charge in [-0.25, -0.2) is 4.39 Å². The number of rotatable bonds is 4. The largest absolute Gasteiger partial charge is 0.351 e. The number of amides is 2. The highest BCUT2D eigenvalue weighted by Gasteiger charge is 2.26. The van der Waals surface area contributed by atoms with Gasteiger partial charge >= 0.3 is 0 Å². The summed E-state index contributed by atoms with van der Waals surface area (Å²) in [6.45, 7) is 6.02. The van der Waals surface area contributed by atoms with Crippen molar-refractivity contribution >= 4 is 11.8 Å². The summed E-state index contributed by atoms with van der Waals surface area (Å²) in [6.07, 6.45) is 0.680. The molecule has 0 atom stereocenters. The maximum atomic E-state index is 13.7. The summed E-state index contributed by atoms with van der Waals surface area (Å²) < 4.78 is 15.7. The molecule has 2 heterocycles. The molecule has 0 radical (unpaired) electrons. The Morgan fingerprint density at radius 3 is 2.26 bits per heavy atom. The summed E-state index contributed by atoms with van der Waals surface area (Å²) in [5, 5.41) is 0. The number of halogens is 1. The van der Waals surface area contributed by atoms with E-state index in [-0.39, 0.29) is 24.1 Å². The Morgan fingerprint density at radius 2 is 1.67 bits per heavy atom. The quantitative estimate of drug-likeness (QED) is 0.830. The fourth-order valence-corrected chi connectivity index (χ4v) is 3.50. The number of carbonyl (C=O) groups is 2. The highest BCUT2D eigenvalue weighted by atomic mass is 19.1. The number of nitrogens with zero attached hydrogens (tertiary/aromatic N) is 3. The Bertz CT molecular complexity index is 851. The normalized spacial score (nSPS) is 14.5. The van der Waals surface area contributed by atoms with Crippen molar-refractivity contribution in [2.75, 3.05) is 26.2 Å². The molecule has 27 heavy (non-hydrogen) atoms. The van der Waals surface area contributed by atoms with E-state index in [1.165, 1.54) is 6.07 Å². The minimum atomic E-state index is -0.269. The molecular weight excluding hydrogens is 345 g/mol. The third-order valence-electron chi connectivity index (χ3n) is 5.49. The van der Waals surface area contributed by atoms with Gasteiger partial charge in [0.2, 0.25) is 5.91 Å². The standard InChI is InChI=1S/C21H26FN3O2/c1-15-14-18(16(2)23(15)3)21(27)25-12-10-24(11-13-25)20(26)9-8-17-6-4-5-7-19(17)22/h4-7,14H,8-13H2,1-3H3. The number of aryl methyl sites for hydroxylation is 2. The third-order valence-corrected chi connectivity index (χ3v) is 5.49. The predicted octanol–water partition coefficient (Wildman–Crippen LogP) is 2.70. The predicted molar refractivity (Wildman–Crippen MR) is 102 cm³/mol. The second-order valence-electron chi connectivity index (χ2n) is 7.11. The van der Waals surface area contributed by atoms with Gasteiger partial charge in [-0.1, -0.05) is 18.2 Å². The smallest absolute Gasteiger partial charge is 0.255 e. The van der Waals surface area contributed by atoms with Gasteiger partial charge < -0.3 is 14.4 Å². The van der Waals surface area contributed by atoms with E-state index in [0.29, 0.717) is 38.2 Å². The van der Waals surface area contributed by atoms with Crippen LogP contribution in [0.15, 0.2) is 30.3 Å². The van der Waals surface area contributed by atoms with Crippen LogP contribution < -0.4 is 0 Å². The summed E-state index contributed by atoms with van der Waals surface area (Å²) in [5.41, 5.74) is 3.31. The van der Waals surface area contributed by atoms with Gasteiger partial charge in [-0.05, 0) is 38.0 Å². The Kier molecular flexibility index (Phi) is 5.63. The van der Waals surface area contributed by atoms with Crippen molar-refractivity contribution in [3.63, 3.8) is 0 Å². The van der Waals surface area contributed by atoms with E-state index in [1.54, 1.807) is 23.1 Å². The highest BCUT2D eigenvalue weighted by Crippen LogP contribution is 2.17. The molecule has 1 aromatic carbocycles. The van der Waals surface area contributed by atoms with Crippen LogP contribution in [-0.4, -0.2) is 52.4 Å². The number of hydrogen-bond acceptors (Lipinski definition) is 2. The van der Waals surface area contributed by atoms with E-state index in [9.17, 15) is 14.0 Å². The molecule has 0 spiro atoms. The second kappa shape index (κ2) is 7.94. The van der Waals surface area contributed by atoms with Gasteiger partial charge in [0.1, 0.15) is 5.82 Å². The molecule has 1 fully saturated rings. The van der Waals surface area contributed by atoms with Gasteiger partial charge in [0.15, 0.2) is 0 Å². The average Bonchev–Trinajstić information content (AvgIpc) is 2.94. The van der Waals surface area contributed by atoms with E-state index in [4.69, 9.17) is 0 Å². The van der Waals surface area contributed by atoms with Crippen LogP contribution >= 0.6 is 0 Å². The van der Waals surface area contributed by atoms with Crippen molar-refractivity contribution < 1.29 is 14.0 Å². The lowest BCUT2D eigenvalue weighted by atomic mass is 10.1. The van der Waals surface area contributed by atoms with Crippen LogP contribution in [0.1, 0.15) is 33.7 Å². The average molecular weight is 371 g/mol. The minimum Gasteiger partial charge on any atom is -0.351 e. The van der Waals surface area contributed by atoms with Gasteiger partial charge in [0.05, 0.1) is 5.56 Å². The van der Waals surface area contributed by atoms with Gasteiger partial charge in [0, 0.05) is 51.0 Å². The van der Waals surface area contributed by atoms with Crippen molar-refractivity contribution in [2.24, 2.45) is 7.05 Å². The monoisotopic (exact) mass is 371 g/mol. The minimum absolute atomic E-state index is 0.0112. The summed E-state index contributed by atoms with van der Waals surface area (Å²) in [4.78, 5) is 28.8. The first-order chi connectivity index (χ1) is 12.9. The summed E-state index contributed by atoms with van der Waals surface area (Å²) in [6, 6.07) is 8.47. The molecule has 1 saturated heterocycles. The number of benzene rings is 1. The van der Waals surface area contributed by atoms with Crippen molar-refractivity contribution in [3.05, 3.63) is 58.7 Å². The van der Waals surface area contributed by atoms with Crippen LogP contribution in [0.5, 0.6) is 0 Å². The summed E-state index contributed by atoms with van der Waals surface area (Å²) in [7, 11) is 1.95. The van der Waals surface area contributed by atoms with E-state index in [0.717, 1.165) is 17.0 Å². The first kappa shape index (κ1) is 19.1. The Hall–Kier alpha value is -2.63. The fraction of sp³-hybridized carbons (Fsp3) is 0.429. The zero-order chi connectivity index (χ0) is 19.6. The molecule has 3 rings (SSSR count). The van der Waals surface area contributed by atoms with Crippen LogP contribution in [0, 0.1) is 19.7 Å². The van der Waals surface area contributed by atoms with Crippen LogP contribution in [0.3, 0.4) is 0 Å². The van der Waals surface area contributed by atoms with Gasteiger partial charge in [-0.3, -0.25) is 9.59 Å². The van der Waals surface area contributed by atoms with Gasteiger partial charge in [-0.2, -0.15) is 0 Å². The zero-order valence-corrected chi connectivity index (χ0v) is 16.2. The lowest BCUT2D eigenvalue weighted by Gasteiger charge is -2.35. The SMILES string of the molecule is Cc1cc(C(=O)N2CCN(C(=O)CCc3ccccc3F)CC2)c(C)n1C. The van der Waals surface area contributed by atoms with Crippen molar-refractivity contribution in [2.45, 2.75) is 26.7 Å². The maximum Gasteiger partial charge on any atom is 0.255 e. The number of aromatic nitrogens is 1. The maximum absolute atomic E-state index is 13.7. The molecule has 1 aliphatic heterocycles. The molecular formula is C21H26FN3O2. The molecule has 1 aliphatic rings. The molecule has 2 aromatic rings. The second-order valence-corrected chi connectivity index (χ2v) is 7.11. The molecule has 0 saturated carbocycles. The van der Waals surface area contributed by atoms with Crippen LogP contribution in [0.2, 0.25) is 0 Å². The highest BCUT2D eigenvalue weighted by molar-refractivity contribution is 5.96. The topological polar surface area (TPSA) is 45.6 Å². The van der Waals surface area contributed by atoms with E-state index in [2.05, 4.69) is 0 Å². The Morgan fingerprint density at radius 1 is 1.04 bits per heavy atom. The third kappa shape index (κ3) is 4.04. The van der Waals surface area contributed by atoms with E-state index in [1.807, 2.05) is 36.4 Å². The lowest BCUT2D eigenvalue weighted by molar-refractivity contribution is -0.132. The van der Waals surface area contributed by atoms with Crippen molar-refractivity contribution in [1.82, 2.24) is 14.4 Å². The molecule has 0 bridgehead atoms. The van der Waals surface area contributed by atoms with Crippen LogP contribution in [0.4, 0.5) is 4.39 Å². The summed E-state index contributed by atoms with van der Waals surface area (Å²) in [5.74, 6) is -0.235. The molecule has 0 unspecified atom stereocenters. The van der Waals surface area contributed by atoms with Crippen molar-refractivity contribution in [3.8, 4) is 0 Å². The fourth-order valence-electron chi connectivity index (χ4n) is 3.50. The molecule has 1 aromatic heterocycles. The molecule has 0 aliphatic carbocycles. The summed E-state index contributed by atoms with van der Waals surface area (Å²) >= 11 is 0. The van der Waals surface area contributed by atoms with Gasteiger partial charge in [-0.15, -0.1) is 0 Å². The number of carbonyl (C=O) groups excluding carboxylic acids is 2. The molecule has 144 valence electrons. The number of piperazine rings is 1. The van der Waals surface area contributed by atoms with E-state index >= 15 is 0 Å². The molecule has 5 nitrogen and oxygen atoms in total. The molecule has 0 N–H and O–H groups in total. The molecule has 2 amide bonds.